The number of hydrogen-bond donors (Lipinski definition) is 7. The van der Waals surface area contributed by atoms with Crippen LogP contribution in [-0.4, -0.2) is 92.4 Å². The van der Waals surface area contributed by atoms with Crippen molar-refractivity contribution in [1.82, 2.24) is 30.8 Å². The smallest absolute Gasteiger partial charge is 0.756 e. The number of nitrogens with zero attached hydrogens (tertiary/aromatic N) is 1. The number of unbranched alkanes of at least 4 members (excludes halogenated alkanes) is 3. The van der Waals surface area contributed by atoms with Gasteiger partial charge in [-0.2, -0.15) is 11.8 Å². The second kappa shape index (κ2) is 25.1. The molecule has 0 saturated carbocycles. The molecule has 1 aromatic heterocycles. The standard InChI is InChI=1S/C28H43N6O17P3S.3Li/c35-19-13-24(49-20(19)15-48-53(44,45)51-54(46,47)50-52(41,42)43)34-14-17(26(38)33-28(34)40)7-6-12-30-22(36)9-2-1-5-11-29-23(37)10-4-3-8-21-25-18(16-55-21)31-27(39)32-25;;;/h14,18-21,24-25,35H,1-5,8-13,15-16H2,(H,29,37)(H,30,36)(H,44,45)(H,46,47)(H2,31,32,39)(H,33,38,40)(H2,41,42,43);;;/q;3*+1/p-3/t18-,19-,20+,21-,24+,25-;;;/m0.../s1. The Morgan fingerprint density at radius 1 is 0.966 bits per heavy atom. The summed E-state index contributed by atoms with van der Waals surface area (Å²) in [5, 5.41) is 22.0. The summed E-state index contributed by atoms with van der Waals surface area (Å²) in [5.74, 6) is 5.66. The molecule has 4 amide bonds. The average Bonchev–Trinajstić information content (AvgIpc) is 3.74. The number of fused-ring (bicyclic) bond motifs is 1. The fourth-order valence-corrected chi connectivity index (χ4v) is 10.3. The molecule has 4 heterocycles. The van der Waals surface area contributed by atoms with Gasteiger partial charge in [-0.25, -0.2) is 18.2 Å². The Morgan fingerprint density at radius 2 is 1.64 bits per heavy atom. The zero-order valence-electron chi connectivity index (χ0n) is 31.9. The van der Waals surface area contributed by atoms with E-state index in [-0.39, 0.29) is 111 Å². The van der Waals surface area contributed by atoms with Gasteiger partial charge in [0, 0.05) is 43.0 Å². The molecule has 30 heteroatoms. The molecule has 4 rings (SSSR count). The van der Waals surface area contributed by atoms with E-state index in [4.69, 9.17) is 9.63 Å². The van der Waals surface area contributed by atoms with E-state index in [0.717, 1.165) is 35.8 Å². The first-order valence-corrected chi connectivity index (χ1v) is 22.4. The zero-order chi connectivity index (χ0) is 40.4. The minimum atomic E-state index is -6.14. The summed E-state index contributed by atoms with van der Waals surface area (Å²) in [6.07, 6.45) is 1.55. The number of ether oxygens (including phenoxy) is 1. The van der Waals surface area contributed by atoms with Crippen LogP contribution in [0.5, 0.6) is 0 Å². The number of rotatable bonds is 20. The molecule has 3 saturated heterocycles. The van der Waals surface area contributed by atoms with Crippen molar-refractivity contribution in [2.24, 2.45) is 0 Å². The predicted octanol–water partition coefficient (Wildman–Crippen LogP) is -11.5. The van der Waals surface area contributed by atoms with Gasteiger partial charge in [-0.3, -0.25) is 37.6 Å². The van der Waals surface area contributed by atoms with E-state index in [2.05, 4.69) is 46.3 Å². The monoisotopic (exact) mass is 878 g/mol. The van der Waals surface area contributed by atoms with Gasteiger partial charge in [0.2, 0.25) is 11.8 Å². The third-order valence-electron chi connectivity index (χ3n) is 8.36. The number of thioether (sulfide) groups is 1. The molecule has 3 aliphatic rings. The van der Waals surface area contributed by atoms with E-state index >= 15 is 0 Å². The minimum absolute atomic E-state index is 0. The van der Waals surface area contributed by atoms with Gasteiger partial charge in [-0.15, -0.1) is 0 Å². The third kappa shape index (κ3) is 18.5. The number of phosphoric acid groups is 3. The van der Waals surface area contributed by atoms with Crippen molar-refractivity contribution in [1.29, 1.82) is 0 Å². The number of carbonyl (C=O) groups excluding carboxylic acids is 3. The number of amides is 4. The molecule has 308 valence electrons. The van der Waals surface area contributed by atoms with Crippen LogP contribution < -0.4 is 104 Å². The van der Waals surface area contributed by atoms with Gasteiger partial charge in [-0.1, -0.05) is 24.7 Å². The van der Waals surface area contributed by atoms with Gasteiger partial charge >= 0.3 is 68.3 Å². The van der Waals surface area contributed by atoms with Crippen molar-refractivity contribution >= 4 is 53.1 Å². The Morgan fingerprint density at radius 3 is 2.33 bits per heavy atom. The van der Waals surface area contributed by atoms with Crippen LogP contribution in [0.2, 0.25) is 0 Å². The second-order valence-corrected chi connectivity index (χ2v) is 18.1. The van der Waals surface area contributed by atoms with Gasteiger partial charge in [0.1, 0.15) is 17.9 Å². The number of aromatic nitrogens is 2. The van der Waals surface area contributed by atoms with Crippen molar-refractivity contribution in [2.75, 3.05) is 25.4 Å². The molecule has 0 bridgehead atoms. The SMILES string of the molecule is O=C(CCCCCNC(=O)CCCC[C@@H]1SC[C@@H]2NC(=O)N[C@@H]21)NCC#Cc1cn([C@H]2C[C@H](O)[C@@H](COP(=O)([O-])OP(=O)([O-])OP(=O)([O-])O)O2)c(=O)[nH]c1=O.[Li+].[Li+].[Li+]. The Labute approximate surface area is 372 Å². The van der Waals surface area contributed by atoms with E-state index in [1.54, 1.807) is 0 Å². The molecule has 58 heavy (non-hydrogen) atoms. The number of aliphatic hydroxyl groups excluding tert-OH is 1. The molecule has 7 N–H and O–H groups in total. The number of H-pyrrole nitrogens is 1. The molecular formula is C28H40Li3N6O17P3S. The fraction of sp³-hybridized carbons (Fsp3) is 0.679. The summed E-state index contributed by atoms with van der Waals surface area (Å²) in [6, 6.07) is 0.217. The molecule has 0 aromatic carbocycles. The Bertz CT molecular complexity index is 1900. The molecule has 3 fully saturated rings. The van der Waals surface area contributed by atoms with E-state index in [9.17, 15) is 57.5 Å². The first-order valence-electron chi connectivity index (χ1n) is 16.9. The minimum Gasteiger partial charge on any atom is -0.756 e. The summed E-state index contributed by atoms with van der Waals surface area (Å²) in [5.41, 5.74) is -2.08. The van der Waals surface area contributed by atoms with Crippen LogP contribution in [0.4, 0.5) is 4.79 Å². The average molecular weight is 878 g/mol. The van der Waals surface area contributed by atoms with E-state index < -0.39 is 59.8 Å². The maximum absolute atomic E-state index is 12.4. The largest absolute Gasteiger partial charge is 1.00 e. The topological polar surface area (TPSA) is 352 Å². The van der Waals surface area contributed by atoms with E-state index in [1.165, 1.54) is 0 Å². The molecule has 3 aliphatic heterocycles. The molecule has 3 unspecified atom stereocenters. The van der Waals surface area contributed by atoms with Crippen LogP contribution >= 0.6 is 35.2 Å². The van der Waals surface area contributed by atoms with Crippen LogP contribution in [0.25, 0.3) is 0 Å². The third-order valence-corrected chi connectivity index (χ3v) is 13.6. The quantitative estimate of drug-likeness (QED) is 0.0210. The number of carbonyl (C=O) groups is 3. The fourth-order valence-electron chi connectivity index (χ4n) is 5.82. The van der Waals surface area contributed by atoms with Gasteiger partial charge in [0.15, 0.2) is 0 Å². The van der Waals surface area contributed by atoms with E-state index in [1.807, 2.05) is 16.7 Å². The maximum atomic E-state index is 12.4. The van der Waals surface area contributed by atoms with Crippen molar-refractivity contribution in [2.45, 2.75) is 93.6 Å². The van der Waals surface area contributed by atoms with Gasteiger partial charge in [0.25, 0.3) is 29.0 Å². The van der Waals surface area contributed by atoms with Gasteiger partial charge in [0.05, 0.1) is 31.3 Å². The number of hydrogen-bond acceptors (Lipinski definition) is 17. The van der Waals surface area contributed by atoms with Crippen LogP contribution in [0.3, 0.4) is 0 Å². The number of aromatic amines is 1. The summed E-state index contributed by atoms with van der Waals surface area (Å²) >= 11 is 1.84. The Kier molecular flexibility index (Phi) is 23.8. The number of phosphoric ester groups is 1. The number of urea groups is 1. The first kappa shape index (κ1) is 54.9. The van der Waals surface area contributed by atoms with Crippen LogP contribution in [0.15, 0.2) is 15.8 Å². The molecule has 0 radical (unpaired) electrons. The van der Waals surface area contributed by atoms with Crippen LogP contribution in [0.1, 0.15) is 69.6 Å². The van der Waals surface area contributed by atoms with Crippen molar-refractivity contribution in [3.05, 3.63) is 32.6 Å². The summed E-state index contributed by atoms with van der Waals surface area (Å²) < 4.78 is 51.0. The maximum Gasteiger partial charge on any atom is 1.00 e. The number of nitrogens with one attached hydrogen (secondary N) is 5. The summed E-state index contributed by atoms with van der Waals surface area (Å²) in [7, 11) is -17.9. The van der Waals surface area contributed by atoms with Crippen LogP contribution in [0, 0.1) is 11.8 Å². The zero-order valence-corrected chi connectivity index (χ0v) is 35.4. The second-order valence-electron chi connectivity index (χ2n) is 12.6. The molecular weight excluding hydrogens is 838 g/mol. The molecule has 1 aromatic rings. The first-order chi connectivity index (χ1) is 25.8. The summed E-state index contributed by atoms with van der Waals surface area (Å²) in [6.45, 7) is -0.720. The summed E-state index contributed by atoms with van der Waals surface area (Å²) in [4.78, 5) is 105. The molecule has 0 aliphatic carbocycles. The van der Waals surface area contributed by atoms with Crippen molar-refractivity contribution < 1.29 is 127 Å². The van der Waals surface area contributed by atoms with E-state index in [0.29, 0.717) is 37.5 Å². The van der Waals surface area contributed by atoms with Crippen LogP contribution in [-0.2, 0) is 41.2 Å². The van der Waals surface area contributed by atoms with Gasteiger partial charge in [-0.05, 0) is 25.7 Å². The molecule has 9 atom stereocenters. The van der Waals surface area contributed by atoms with Crippen molar-refractivity contribution in [3.63, 3.8) is 0 Å². The van der Waals surface area contributed by atoms with Crippen molar-refractivity contribution in [3.8, 4) is 11.8 Å². The normalized spacial score (nSPS) is 24.9. The molecule has 0 spiro atoms. The molecule has 23 nitrogen and oxygen atoms in total. The Hall–Kier alpha value is -1.08. The van der Waals surface area contributed by atoms with Gasteiger partial charge < -0.3 is 55.2 Å². The number of aliphatic hydroxyl groups is 1. The Balaban J connectivity index is 0.00000561. The predicted molar refractivity (Wildman–Crippen MR) is 184 cm³/mol.